The lowest BCUT2D eigenvalue weighted by atomic mass is 9.89. The van der Waals surface area contributed by atoms with Crippen molar-refractivity contribution in [3.8, 4) is 0 Å². The van der Waals surface area contributed by atoms with E-state index in [1.165, 1.54) is 12.3 Å². The van der Waals surface area contributed by atoms with Crippen molar-refractivity contribution >= 4 is 5.97 Å². The van der Waals surface area contributed by atoms with Crippen LogP contribution in [0, 0.1) is 5.92 Å². The molecule has 25 heavy (non-hydrogen) atoms. The summed E-state index contributed by atoms with van der Waals surface area (Å²) in [4.78, 5) is 11.8. The van der Waals surface area contributed by atoms with Crippen molar-refractivity contribution in [2.45, 2.75) is 37.0 Å². The fourth-order valence-electron chi connectivity index (χ4n) is 2.98. The first-order chi connectivity index (χ1) is 12.0. The van der Waals surface area contributed by atoms with Gasteiger partial charge in [0.25, 0.3) is 0 Å². The SMILES string of the molecule is C=CC1C2=CCOC(=O)C2=COC1O[C@@H]1O[C@H](CO)[C@@H](O)[C@H](O)[C@H]1O. The molecule has 138 valence electrons. The second-order valence-corrected chi connectivity index (χ2v) is 5.89. The highest BCUT2D eigenvalue weighted by Crippen LogP contribution is 2.35. The minimum atomic E-state index is -1.56. The van der Waals surface area contributed by atoms with Crippen LogP contribution in [0.2, 0.25) is 0 Å². The van der Waals surface area contributed by atoms with Gasteiger partial charge in [-0.25, -0.2) is 4.79 Å². The van der Waals surface area contributed by atoms with Crippen LogP contribution in [0.15, 0.2) is 36.1 Å². The minimum absolute atomic E-state index is 0.114. The molecule has 3 heterocycles. The molecule has 7 atom stereocenters. The first-order valence-corrected chi connectivity index (χ1v) is 7.79. The summed E-state index contributed by atoms with van der Waals surface area (Å²) < 4.78 is 21.2. The van der Waals surface area contributed by atoms with Crippen molar-refractivity contribution in [3.63, 3.8) is 0 Å². The van der Waals surface area contributed by atoms with Crippen molar-refractivity contribution < 1.29 is 44.2 Å². The van der Waals surface area contributed by atoms with Crippen molar-refractivity contribution in [1.29, 1.82) is 0 Å². The van der Waals surface area contributed by atoms with E-state index in [0.717, 1.165) is 0 Å². The molecular formula is C16H20O9. The Balaban J connectivity index is 1.78. The Bertz CT molecular complexity index is 596. The van der Waals surface area contributed by atoms with Gasteiger partial charge < -0.3 is 39.4 Å². The van der Waals surface area contributed by atoms with Crippen LogP contribution in [0.25, 0.3) is 0 Å². The third-order valence-electron chi connectivity index (χ3n) is 4.39. The molecule has 0 spiro atoms. The molecule has 0 bridgehead atoms. The molecule has 1 saturated heterocycles. The van der Waals surface area contributed by atoms with E-state index in [1.54, 1.807) is 6.08 Å². The molecule has 3 rings (SSSR count). The Kier molecular flexibility index (Phi) is 5.23. The third-order valence-corrected chi connectivity index (χ3v) is 4.39. The molecule has 1 fully saturated rings. The van der Waals surface area contributed by atoms with E-state index in [4.69, 9.17) is 18.9 Å². The fraction of sp³-hybridized carbons (Fsp3) is 0.562. The number of aliphatic hydroxyl groups excluding tert-OH is 4. The second-order valence-electron chi connectivity index (χ2n) is 5.89. The fourth-order valence-corrected chi connectivity index (χ4v) is 2.98. The van der Waals surface area contributed by atoms with Crippen molar-refractivity contribution in [2.24, 2.45) is 5.92 Å². The van der Waals surface area contributed by atoms with Gasteiger partial charge in [-0.05, 0) is 11.6 Å². The maximum absolute atomic E-state index is 11.8. The number of hydrogen-bond donors (Lipinski definition) is 4. The van der Waals surface area contributed by atoms with Gasteiger partial charge >= 0.3 is 5.97 Å². The summed E-state index contributed by atoms with van der Waals surface area (Å²) in [6.45, 7) is 3.25. The lowest BCUT2D eigenvalue weighted by molar-refractivity contribution is -0.336. The molecule has 0 aliphatic carbocycles. The molecule has 3 aliphatic heterocycles. The summed E-state index contributed by atoms with van der Waals surface area (Å²) in [7, 11) is 0. The lowest BCUT2D eigenvalue weighted by Gasteiger charge is -2.42. The van der Waals surface area contributed by atoms with Gasteiger partial charge in [0.2, 0.25) is 6.29 Å². The number of hydrogen-bond acceptors (Lipinski definition) is 9. The number of ether oxygens (including phenoxy) is 4. The molecule has 9 heteroatoms. The van der Waals surface area contributed by atoms with E-state index in [2.05, 4.69) is 6.58 Å². The van der Waals surface area contributed by atoms with E-state index >= 15 is 0 Å². The predicted molar refractivity (Wildman–Crippen MR) is 80.5 cm³/mol. The van der Waals surface area contributed by atoms with Crippen LogP contribution in [0.3, 0.4) is 0 Å². The van der Waals surface area contributed by atoms with E-state index in [9.17, 15) is 25.2 Å². The summed E-state index contributed by atoms with van der Waals surface area (Å²) in [6, 6.07) is 0. The van der Waals surface area contributed by atoms with Gasteiger partial charge in [-0.15, -0.1) is 6.58 Å². The van der Waals surface area contributed by atoms with Gasteiger partial charge in [-0.3, -0.25) is 0 Å². The minimum Gasteiger partial charge on any atom is -0.471 e. The highest BCUT2D eigenvalue weighted by atomic mass is 16.8. The molecule has 2 unspecified atom stereocenters. The number of esters is 1. The van der Waals surface area contributed by atoms with E-state index in [1.807, 2.05) is 0 Å². The Morgan fingerprint density at radius 3 is 2.68 bits per heavy atom. The van der Waals surface area contributed by atoms with Gasteiger partial charge in [-0.1, -0.05) is 6.08 Å². The maximum Gasteiger partial charge on any atom is 0.341 e. The Morgan fingerprint density at radius 2 is 2.00 bits per heavy atom. The Morgan fingerprint density at radius 1 is 1.24 bits per heavy atom. The lowest BCUT2D eigenvalue weighted by Crippen LogP contribution is -2.60. The van der Waals surface area contributed by atoms with Crippen molar-refractivity contribution in [2.75, 3.05) is 13.2 Å². The Hall–Kier alpha value is -1.75. The highest BCUT2D eigenvalue weighted by Gasteiger charge is 2.46. The number of rotatable bonds is 4. The van der Waals surface area contributed by atoms with Gasteiger partial charge in [0.15, 0.2) is 6.29 Å². The summed E-state index contributed by atoms with van der Waals surface area (Å²) in [5, 5.41) is 38.9. The summed E-state index contributed by atoms with van der Waals surface area (Å²) in [5.41, 5.74) is 0.872. The zero-order valence-electron chi connectivity index (χ0n) is 13.2. The van der Waals surface area contributed by atoms with Gasteiger partial charge in [-0.2, -0.15) is 0 Å². The molecule has 4 N–H and O–H groups in total. The summed E-state index contributed by atoms with van der Waals surface area (Å²) >= 11 is 0. The second kappa shape index (κ2) is 7.24. The topological polar surface area (TPSA) is 135 Å². The van der Waals surface area contributed by atoms with Crippen LogP contribution in [0.1, 0.15) is 0 Å². The largest absolute Gasteiger partial charge is 0.471 e. The van der Waals surface area contributed by atoms with Crippen molar-refractivity contribution in [1.82, 2.24) is 0 Å². The van der Waals surface area contributed by atoms with Crippen LogP contribution < -0.4 is 0 Å². The highest BCUT2D eigenvalue weighted by molar-refractivity contribution is 5.94. The van der Waals surface area contributed by atoms with Crippen LogP contribution in [0.5, 0.6) is 0 Å². The maximum atomic E-state index is 11.8. The number of carbonyl (C=O) groups excluding carboxylic acids is 1. The Labute approximate surface area is 143 Å². The number of aliphatic hydroxyl groups is 4. The molecule has 0 aromatic heterocycles. The zero-order chi connectivity index (χ0) is 18.1. The third kappa shape index (κ3) is 3.22. The molecule has 3 aliphatic rings. The first kappa shape index (κ1) is 18.1. The summed E-state index contributed by atoms with van der Waals surface area (Å²) in [6.07, 6.45) is -3.61. The van der Waals surface area contributed by atoms with E-state index in [0.29, 0.717) is 5.57 Å². The number of cyclic esters (lactones) is 1. The number of fused-ring (bicyclic) bond motifs is 1. The molecule has 0 saturated carbocycles. The molecule has 0 radical (unpaired) electrons. The smallest absolute Gasteiger partial charge is 0.341 e. The normalized spacial score (nSPS) is 41.0. The predicted octanol–water partition coefficient (Wildman–Crippen LogP) is -1.67. The van der Waals surface area contributed by atoms with Gasteiger partial charge in [0.05, 0.1) is 18.1 Å². The molecule has 0 aromatic carbocycles. The standard InChI is InChI=1S/C16H20O9/c1-2-7-8-3-4-22-14(21)9(8)6-23-15(7)25-16-13(20)12(19)11(18)10(5-17)24-16/h2-3,6-7,10-13,15-20H,1,4-5H2/t7?,10-,11-,12+,13-,15?,16+/m1/s1. The molecule has 0 amide bonds. The molecule has 0 aromatic rings. The van der Waals surface area contributed by atoms with Crippen LogP contribution in [-0.4, -0.2) is 76.6 Å². The average Bonchev–Trinajstić information content (AvgIpc) is 2.62. The van der Waals surface area contributed by atoms with Crippen molar-refractivity contribution in [3.05, 3.63) is 36.1 Å². The quantitative estimate of drug-likeness (QED) is 0.344. The monoisotopic (exact) mass is 356 g/mol. The first-order valence-electron chi connectivity index (χ1n) is 7.79. The van der Waals surface area contributed by atoms with E-state index in [-0.39, 0.29) is 12.2 Å². The van der Waals surface area contributed by atoms with Crippen LogP contribution >= 0.6 is 0 Å². The van der Waals surface area contributed by atoms with E-state index < -0.39 is 55.5 Å². The zero-order valence-corrected chi connectivity index (χ0v) is 13.2. The average molecular weight is 356 g/mol. The van der Waals surface area contributed by atoms with Crippen LogP contribution in [0.4, 0.5) is 0 Å². The number of carbonyl (C=O) groups is 1. The summed E-state index contributed by atoms with van der Waals surface area (Å²) in [5.74, 6) is -1.06. The van der Waals surface area contributed by atoms with Crippen LogP contribution in [-0.2, 0) is 23.7 Å². The molecule has 9 nitrogen and oxygen atoms in total. The van der Waals surface area contributed by atoms with Gasteiger partial charge in [0.1, 0.15) is 37.3 Å². The molecular weight excluding hydrogens is 336 g/mol. The van der Waals surface area contributed by atoms with Gasteiger partial charge in [0, 0.05) is 0 Å².